The summed E-state index contributed by atoms with van der Waals surface area (Å²) in [5.41, 5.74) is 10.8. The number of nitriles is 1. The van der Waals surface area contributed by atoms with E-state index >= 15 is 0 Å². The van der Waals surface area contributed by atoms with E-state index in [1.54, 1.807) is 0 Å². The van der Waals surface area contributed by atoms with Gasteiger partial charge in [-0.1, -0.05) is 117 Å². The van der Waals surface area contributed by atoms with Gasteiger partial charge in [0.05, 0.1) is 45.9 Å². The third-order valence-electron chi connectivity index (χ3n) is 9.25. The van der Waals surface area contributed by atoms with Crippen LogP contribution in [0.15, 0.2) is 133 Å². The van der Waals surface area contributed by atoms with Gasteiger partial charge in [-0.15, -0.1) is 0 Å². The summed E-state index contributed by atoms with van der Waals surface area (Å²) in [6, 6.07) is 48.0. The van der Waals surface area contributed by atoms with E-state index < -0.39 is 0 Å². The molecule has 8 rings (SSSR count). The van der Waals surface area contributed by atoms with E-state index in [-0.39, 0.29) is 5.41 Å². The first-order chi connectivity index (χ1) is 22.0. The molecule has 0 saturated carbocycles. The Balaban J connectivity index is 1.50. The Hall–Kier alpha value is -6.10. The molecule has 0 amide bonds. The van der Waals surface area contributed by atoms with Crippen molar-refractivity contribution >= 4 is 44.6 Å². The third kappa shape index (κ3) is 3.77. The molecule has 1 aliphatic heterocycles. The van der Waals surface area contributed by atoms with Crippen molar-refractivity contribution in [2.24, 2.45) is 0 Å². The highest BCUT2D eigenvalue weighted by Gasteiger charge is 2.38. The molecule has 6 aromatic carbocycles. The van der Waals surface area contributed by atoms with Gasteiger partial charge in [-0.3, -0.25) is 0 Å². The Bertz CT molecular complexity index is 2290. The number of fused-ring (bicyclic) bond motifs is 5. The number of nitrogens with zero attached hydrogens (tertiary/aromatic N) is 4. The van der Waals surface area contributed by atoms with E-state index in [0.29, 0.717) is 11.3 Å². The topological polar surface area (TPSA) is 36.3 Å². The summed E-state index contributed by atoms with van der Waals surface area (Å²) in [6.07, 6.45) is 0. The molecule has 0 fully saturated rings. The van der Waals surface area contributed by atoms with Gasteiger partial charge in [-0.25, -0.2) is 4.85 Å². The minimum absolute atomic E-state index is 0.233. The highest BCUT2D eigenvalue weighted by atomic mass is 15.2. The van der Waals surface area contributed by atoms with Gasteiger partial charge in [0, 0.05) is 21.8 Å². The molecule has 45 heavy (non-hydrogen) atoms. The zero-order valence-electron chi connectivity index (χ0n) is 25.0. The van der Waals surface area contributed by atoms with E-state index in [4.69, 9.17) is 6.57 Å². The first kappa shape index (κ1) is 26.5. The van der Waals surface area contributed by atoms with Crippen LogP contribution < -0.4 is 4.90 Å². The molecule has 0 spiro atoms. The van der Waals surface area contributed by atoms with Crippen LogP contribution in [0.2, 0.25) is 0 Å². The lowest BCUT2D eigenvalue weighted by Gasteiger charge is -2.42. The Labute approximate surface area is 262 Å². The molecule has 2 heterocycles. The summed E-state index contributed by atoms with van der Waals surface area (Å²) in [7, 11) is 0. The Morgan fingerprint density at radius 3 is 1.69 bits per heavy atom. The first-order valence-corrected chi connectivity index (χ1v) is 15.1. The zero-order chi connectivity index (χ0) is 30.7. The van der Waals surface area contributed by atoms with Gasteiger partial charge in [0.25, 0.3) is 0 Å². The maximum absolute atomic E-state index is 10.6. The van der Waals surface area contributed by atoms with Gasteiger partial charge in [-0.05, 0) is 47.0 Å². The average Bonchev–Trinajstić information content (AvgIpc) is 3.42. The lowest BCUT2D eigenvalue weighted by molar-refractivity contribution is 0.632. The fourth-order valence-electron chi connectivity index (χ4n) is 7.24. The van der Waals surface area contributed by atoms with Crippen LogP contribution in [-0.2, 0) is 5.41 Å². The molecule has 1 aliphatic rings. The summed E-state index contributed by atoms with van der Waals surface area (Å²) >= 11 is 0. The highest BCUT2D eigenvalue weighted by molar-refractivity contribution is 6.11. The maximum Gasteiger partial charge on any atom is 0.211 e. The Morgan fingerprint density at radius 2 is 1.11 bits per heavy atom. The minimum Gasteiger partial charge on any atom is -0.318 e. The van der Waals surface area contributed by atoms with Crippen molar-refractivity contribution in [2.45, 2.75) is 19.3 Å². The second-order valence-electron chi connectivity index (χ2n) is 12.0. The van der Waals surface area contributed by atoms with Crippen LogP contribution >= 0.6 is 0 Å². The van der Waals surface area contributed by atoms with Crippen molar-refractivity contribution in [1.82, 2.24) is 4.57 Å². The quantitative estimate of drug-likeness (QED) is 0.196. The molecule has 4 heteroatoms. The number of hydrogen-bond acceptors (Lipinski definition) is 2. The second kappa shape index (κ2) is 9.98. The monoisotopic (exact) mass is 576 g/mol. The van der Waals surface area contributed by atoms with Crippen molar-refractivity contribution in [3.8, 4) is 22.9 Å². The van der Waals surface area contributed by atoms with Crippen molar-refractivity contribution in [1.29, 1.82) is 5.26 Å². The molecular weight excluding hydrogens is 548 g/mol. The van der Waals surface area contributed by atoms with Gasteiger partial charge >= 0.3 is 0 Å². The number of anilines is 3. The predicted octanol–water partition coefficient (Wildman–Crippen LogP) is 11.0. The predicted molar refractivity (Wildman–Crippen MR) is 184 cm³/mol. The SMILES string of the molecule is [C-]#[N+]c1cccc(-c2cccc(C#N)c2N2c3ccccc3C(C)(C)c3ccccc32)c1-n1c2ccccc2c2ccccc21. The van der Waals surface area contributed by atoms with Crippen molar-refractivity contribution in [2.75, 3.05) is 4.90 Å². The molecule has 1 aromatic heterocycles. The summed E-state index contributed by atoms with van der Waals surface area (Å²) in [6.45, 7) is 12.8. The van der Waals surface area contributed by atoms with E-state index in [1.807, 2.05) is 36.4 Å². The lowest BCUT2D eigenvalue weighted by atomic mass is 9.73. The van der Waals surface area contributed by atoms with Gasteiger partial charge in [0.1, 0.15) is 6.07 Å². The van der Waals surface area contributed by atoms with Crippen LogP contribution in [0.25, 0.3) is 43.5 Å². The van der Waals surface area contributed by atoms with Gasteiger partial charge in [-0.2, -0.15) is 5.26 Å². The molecule has 0 saturated heterocycles. The van der Waals surface area contributed by atoms with E-state index in [0.717, 1.165) is 55.7 Å². The molecule has 212 valence electrons. The fourth-order valence-corrected chi connectivity index (χ4v) is 7.24. The number of benzene rings is 6. The van der Waals surface area contributed by atoms with Crippen LogP contribution in [0.4, 0.5) is 22.7 Å². The van der Waals surface area contributed by atoms with E-state index in [9.17, 15) is 5.26 Å². The molecule has 0 N–H and O–H groups in total. The number of para-hydroxylation sites is 6. The molecular formula is C41H28N4. The highest BCUT2D eigenvalue weighted by Crippen LogP contribution is 2.55. The maximum atomic E-state index is 10.6. The second-order valence-corrected chi connectivity index (χ2v) is 12.0. The number of hydrogen-bond donors (Lipinski definition) is 0. The smallest absolute Gasteiger partial charge is 0.211 e. The summed E-state index contributed by atoms with van der Waals surface area (Å²) in [5, 5.41) is 12.9. The van der Waals surface area contributed by atoms with Crippen LogP contribution in [0, 0.1) is 17.9 Å². The van der Waals surface area contributed by atoms with Gasteiger partial charge in [0.2, 0.25) is 5.69 Å². The molecule has 0 radical (unpaired) electrons. The minimum atomic E-state index is -0.233. The number of aromatic nitrogens is 1. The molecule has 0 bridgehead atoms. The van der Waals surface area contributed by atoms with Crippen molar-refractivity contribution in [3.05, 3.63) is 162 Å². The van der Waals surface area contributed by atoms with Crippen LogP contribution in [0.3, 0.4) is 0 Å². The largest absolute Gasteiger partial charge is 0.318 e. The molecule has 0 unspecified atom stereocenters. The standard InChI is InChI=1S/C41H28N4/c1-41(2)32-19-6-10-24-37(32)45(38-25-11-7-20-33(38)41)39-27(26-42)14-12-17-30(39)31-18-13-21-34(43-3)40(31)44-35-22-8-4-15-28(35)29-16-5-9-23-36(29)44/h4-25H,1-2H3. The Kier molecular flexibility index (Phi) is 5.88. The lowest BCUT2D eigenvalue weighted by Crippen LogP contribution is -2.31. The normalized spacial score (nSPS) is 13.2. The third-order valence-corrected chi connectivity index (χ3v) is 9.25. The molecule has 4 nitrogen and oxygen atoms in total. The molecule has 7 aromatic rings. The van der Waals surface area contributed by atoms with Crippen molar-refractivity contribution in [3.63, 3.8) is 0 Å². The van der Waals surface area contributed by atoms with Crippen LogP contribution in [-0.4, -0.2) is 4.57 Å². The van der Waals surface area contributed by atoms with Crippen molar-refractivity contribution < 1.29 is 0 Å². The molecule has 0 aliphatic carbocycles. The summed E-state index contributed by atoms with van der Waals surface area (Å²) in [5.74, 6) is 0. The Morgan fingerprint density at radius 1 is 0.600 bits per heavy atom. The average molecular weight is 577 g/mol. The number of rotatable bonds is 3. The zero-order valence-corrected chi connectivity index (χ0v) is 25.0. The van der Waals surface area contributed by atoms with Crippen LogP contribution in [0.1, 0.15) is 30.5 Å². The molecule has 0 atom stereocenters. The van der Waals surface area contributed by atoms with Crippen LogP contribution in [0.5, 0.6) is 0 Å². The first-order valence-electron chi connectivity index (χ1n) is 15.1. The summed E-state index contributed by atoms with van der Waals surface area (Å²) in [4.78, 5) is 6.31. The fraction of sp³-hybridized carbons (Fsp3) is 0.0732. The van der Waals surface area contributed by atoms with E-state index in [1.165, 1.54) is 11.1 Å². The summed E-state index contributed by atoms with van der Waals surface area (Å²) < 4.78 is 2.22. The van der Waals surface area contributed by atoms with Gasteiger partial charge < -0.3 is 9.47 Å². The van der Waals surface area contributed by atoms with E-state index in [2.05, 4.69) is 131 Å². The van der Waals surface area contributed by atoms with Gasteiger partial charge in [0.15, 0.2) is 0 Å².